The summed E-state index contributed by atoms with van der Waals surface area (Å²) in [6, 6.07) is 8.04. The molecule has 1 fully saturated rings. The SMILES string of the molecule is CO[C@H]1C[C@@H](c2nc(-c3ccc(C)cc3)c[nH]2)N(C(=O)OC(C)(C)C)C1. The summed E-state index contributed by atoms with van der Waals surface area (Å²) >= 11 is 0. The number of amides is 1. The van der Waals surface area contributed by atoms with Gasteiger partial charge in [-0.25, -0.2) is 9.78 Å². The molecule has 0 unspecified atom stereocenters. The molecule has 2 aromatic rings. The van der Waals surface area contributed by atoms with E-state index in [1.807, 2.05) is 39.1 Å². The number of nitrogens with one attached hydrogen (secondary N) is 1. The van der Waals surface area contributed by atoms with Gasteiger partial charge in [-0.05, 0) is 27.7 Å². The molecule has 1 aromatic carbocycles. The van der Waals surface area contributed by atoms with E-state index in [9.17, 15) is 4.79 Å². The summed E-state index contributed by atoms with van der Waals surface area (Å²) in [4.78, 5) is 22.3. The van der Waals surface area contributed by atoms with Gasteiger partial charge in [0.2, 0.25) is 0 Å². The van der Waals surface area contributed by atoms with Crippen LogP contribution < -0.4 is 0 Å². The van der Waals surface area contributed by atoms with Gasteiger partial charge in [0.25, 0.3) is 0 Å². The monoisotopic (exact) mass is 357 g/mol. The number of hydrogen-bond acceptors (Lipinski definition) is 4. The quantitative estimate of drug-likeness (QED) is 0.899. The van der Waals surface area contributed by atoms with Crippen molar-refractivity contribution in [1.29, 1.82) is 0 Å². The number of methoxy groups -OCH3 is 1. The van der Waals surface area contributed by atoms with Gasteiger partial charge < -0.3 is 14.5 Å². The van der Waals surface area contributed by atoms with Gasteiger partial charge in [-0.15, -0.1) is 0 Å². The Balaban J connectivity index is 1.83. The first-order valence-corrected chi connectivity index (χ1v) is 8.91. The standard InChI is InChI=1S/C20H27N3O3/c1-13-6-8-14(9-7-13)16-11-21-18(22-16)17-10-15(25-5)12-23(17)19(24)26-20(2,3)4/h6-9,11,15,17H,10,12H2,1-5H3,(H,21,22)/t15-,17-/m0/s1. The molecule has 6 nitrogen and oxygen atoms in total. The normalized spacial score (nSPS) is 20.4. The van der Waals surface area contributed by atoms with Crippen LogP contribution in [0.4, 0.5) is 4.79 Å². The number of likely N-dealkylation sites (tertiary alicyclic amines) is 1. The number of benzene rings is 1. The molecule has 1 aliphatic rings. The van der Waals surface area contributed by atoms with Crippen LogP contribution in [0.2, 0.25) is 0 Å². The average molecular weight is 357 g/mol. The lowest BCUT2D eigenvalue weighted by Crippen LogP contribution is -2.37. The zero-order chi connectivity index (χ0) is 18.9. The van der Waals surface area contributed by atoms with Crippen molar-refractivity contribution in [1.82, 2.24) is 14.9 Å². The smallest absolute Gasteiger partial charge is 0.411 e. The van der Waals surface area contributed by atoms with E-state index in [1.165, 1.54) is 5.56 Å². The van der Waals surface area contributed by atoms with Crippen LogP contribution in [0, 0.1) is 6.92 Å². The van der Waals surface area contributed by atoms with Gasteiger partial charge in [-0.2, -0.15) is 0 Å². The first-order valence-electron chi connectivity index (χ1n) is 8.91. The number of nitrogens with zero attached hydrogens (tertiary/aromatic N) is 2. The first kappa shape index (κ1) is 18.5. The highest BCUT2D eigenvalue weighted by Crippen LogP contribution is 2.34. The fourth-order valence-electron chi connectivity index (χ4n) is 3.13. The summed E-state index contributed by atoms with van der Waals surface area (Å²) in [6.07, 6.45) is 2.21. The van der Waals surface area contributed by atoms with Gasteiger partial charge in [0, 0.05) is 25.3 Å². The zero-order valence-corrected chi connectivity index (χ0v) is 16.1. The number of ether oxygens (including phenoxy) is 2. The number of aromatic nitrogens is 2. The van der Waals surface area contributed by atoms with Gasteiger partial charge in [-0.1, -0.05) is 29.8 Å². The lowest BCUT2D eigenvalue weighted by Gasteiger charge is -2.27. The van der Waals surface area contributed by atoms with Crippen molar-refractivity contribution in [2.45, 2.75) is 51.9 Å². The molecule has 140 valence electrons. The number of hydrogen-bond donors (Lipinski definition) is 1. The van der Waals surface area contributed by atoms with Crippen molar-refractivity contribution >= 4 is 6.09 Å². The maximum atomic E-state index is 12.6. The molecule has 0 radical (unpaired) electrons. The summed E-state index contributed by atoms with van der Waals surface area (Å²) < 4.78 is 11.0. The molecule has 2 heterocycles. The highest BCUT2D eigenvalue weighted by atomic mass is 16.6. The van der Waals surface area contributed by atoms with E-state index in [0.29, 0.717) is 13.0 Å². The van der Waals surface area contributed by atoms with Gasteiger partial charge in [-0.3, -0.25) is 4.90 Å². The minimum absolute atomic E-state index is 0.0274. The van der Waals surface area contributed by atoms with E-state index in [1.54, 1.807) is 12.0 Å². The minimum Gasteiger partial charge on any atom is -0.444 e. The molecule has 1 saturated heterocycles. The number of imidazole rings is 1. The largest absolute Gasteiger partial charge is 0.444 e. The van der Waals surface area contributed by atoms with Crippen molar-refractivity contribution in [2.24, 2.45) is 0 Å². The Labute approximate surface area is 154 Å². The zero-order valence-electron chi connectivity index (χ0n) is 16.1. The molecular formula is C20H27N3O3. The molecule has 1 amide bonds. The maximum Gasteiger partial charge on any atom is 0.411 e. The second-order valence-electron chi connectivity index (χ2n) is 7.78. The number of carbonyl (C=O) groups excluding carboxylic acids is 1. The van der Waals surface area contributed by atoms with Gasteiger partial charge in [0.1, 0.15) is 11.4 Å². The summed E-state index contributed by atoms with van der Waals surface area (Å²) in [5.41, 5.74) is 2.58. The van der Waals surface area contributed by atoms with Crippen molar-refractivity contribution in [2.75, 3.05) is 13.7 Å². The topological polar surface area (TPSA) is 67.5 Å². The number of carbonyl (C=O) groups is 1. The Kier molecular flexibility index (Phi) is 5.05. The van der Waals surface area contributed by atoms with E-state index in [0.717, 1.165) is 17.1 Å². The van der Waals surface area contributed by atoms with Crippen LogP contribution in [0.3, 0.4) is 0 Å². The third kappa shape index (κ3) is 4.07. The molecule has 0 spiro atoms. The predicted octanol–water partition coefficient (Wildman–Crippen LogP) is 4.08. The van der Waals surface area contributed by atoms with E-state index in [-0.39, 0.29) is 18.2 Å². The van der Waals surface area contributed by atoms with Gasteiger partial charge in [0.05, 0.1) is 24.4 Å². The summed E-state index contributed by atoms with van der Waals surface area (Å²) in [5, 5.41) is 0. The molecule has 0 aliphatic carbocycles. The van der Waals surface area contributed by atoms with Crippen LogP contribution in [0.25, 0.3) is 11.3 Å². The Morgan fingerprint density at radius 3 is 2.58 bits per heavy atom. The molecular weight excluding hydrogens is 330 g/mol. The third-order valence-electron chi connectivity index (χ3n) is 4.48. The third-order valence-corrected chi connectivity index (χ3v) is 4.48. The lowest BCUT2D eigenvalue weighted by atomic mass is 10.1. The van der Waals surface area contributed by atoms with Crippen molar-refractivity contribution < 1.29 is 14.3 Å². The van der Waals surface area contributed by atoms with E-state index in [2.05, 4.69) is 24.0 Å². The average Bonchev–Trinajstić information content (AvgIpc) is 3.20. The minimum atomic E-state index is -0.539. The molecule has 6 heteroatoms. The van der Waals surface area contributed by atoms with Gasteiger partial charge in [0.15, 0.2) is 0 Å². The predicted molar refractivity (Wildman–Crippen MR) is 99.9 cm³/mol. The molecule has 26 heavy (non-hydrogen) atoms. The van der Waals surface area contributed by atoms with Crippen LogP contribution in [0.1, 0.15) is 44.6 Å². The molecule has 1 aromatic heterocycles. The molecule has 0 saturated carbocycles. The maximum absolute atomic E-state index is 12.6. The Morgan fingerprint density at radius 2 is 1.96 bits per heavy atom. The van der Waals surface area contributed by atoms with Crippen LogP contribution in [-0.4, -0.2) is 46.3 Å². The summed E-state index contributed by atoms with van der Waals surface area (Å²) in [6.45, 7) is 8.16. The second-order valence-corrected chi connectivity index (χ2v) is 7.78. The Morgan fingerprint density at radius 1 is 1.27 bits per heavy atom. The Bertz CT molecular complexity index is 761. The first-order chi connectivity index (χ1) is 12.3. The number of H-pyrrole nitrogens is 1. The van der Waals surface area contributed by atoms with Crippen molar-refractivity contribution in [3.63, 3.8) is 0 Å². The molecule has 3 rings (SSSR count). The summed E-state index contributed by atoms with van der Waals surface area (Å²) in [7, 11) is 1.67. The van der Waals surface area contributed by atoms with E-state index >= 15 is 0 Å². The fraction of sp³-hybridized carbons (Fsp3) is 0.500. The fourth-order valence-corrected chi connectivity index (χ4v) is 3.13. The molecule has 1 aliphatic heterocycles. The van der Waals surface area contributed by atoms with E-state index < -0.39 is 5.60 Å². The summed E-state index contributed by atoms with van der Waals surface area (Å²) in [5.74, 6) is 0.756. The molecule has 1 N–H and O–H groups in total. The van der Waals surface area contributed by atoms with Crippen LogP contribution >= 0.6 is 0 Å². The second kappa shape index (κ2) is 7.11. The van der Waals surface area contributed by atoms with Crippen LogP contribution in [0.5, 0.6) is 0 Å². The highest BCUT2D eigenvalue weighted by Gasteiger charge is 2.40. The van der Waals surface area contributed by atoms with Gasteiger partial charge >= 0.3 is 6.09 Å². The number of rotatable bonds is 3. The molecule has 2 atom stereocenters. The van der Waals surface area contributed by atoms with Crippen LogP contribution in [0.15, 0.2) is 30.5 Å². The molecule has 0 bridgehead atoms. The highest BCUT2D eigenvalue weighted by molar-refractivity contribution is 5.69. The lowest BCUT2D eigenvalue weighted by molar-refractivity contribution is 0.0190. The van der Waals surface area contributed by atoms with E-state index in [4.69, 9.17) is 14.5 Å². The van der Waals surface area contributed by atoms with Crippen LogP contribution in [-0.2, 0) is 9.47 Å². The van der Waals surface area contributed by atoms with Crippen molar-refractivity contribution in [3.8, 4) is 11.3 Å². The Hall–Kier alpha value is -2.34. The number of aryl methyl sites for hydroxylation is 1. The number of aromatic amines is 1. The van der Waals surface area contributed by atoms with Crippen molar-refractivity contribution in [3.05, 3.63) is 41.9 Å².